The molecule has 92 valence electrons. The second kappa shape index (κ2) is 5.33. The fourth-order valence-electron chi connectivity index (χ4n) is 1.81. The van der Waals surface area contributed by atoms with Crippen molar-refractivity contribution in [2.24, 2.45) is 0 Å². The van der Waals surface area contributed by atoms with E-state index in [1.807, 2.05) is 20.0 Å². The molecule has 2 unspecified atom stereocenters. The minimum absolute atomic E-state index is 0.0154. The zero-order valence-corrected chi connectivity index (χ0v) is 11.6. The van der Waals surface area contributed by atoms with Crippen LogP contribution in [0.15, 0.2) is 23.1 Å². The SMILES string of the molecule is CNC(CS)c1ccc2c(c1)NC(=O)C(C)S2. The van der Waals surface area contributed by atoms with E-state index in [1.165, 1.54) is 0 Å². The molecule has 1 aromatic carbocycles. The van der Waals surface area contributed by atoms with Crippen molar-refractivity contribution >= 4 is 36.0 Å². The molecule has 1 aromatic rings. The molecule has 1 heterocycles. The number of thiol groups is 1. The Morgan fingerprint density at radius 2 is 2.35 bits per heavy atom. The Morgan fingerprint density at radius 3 is 3.00 bits per heavy atom. The number of hydrogen-bond donors (Lipinski definition) is 3. The van der Waals surface area contributed by atoms with E-state index in [9.17, 15) is 4.79 Å². The van der Waals surface area contributed by atoms with Gasteiger partial charge in [0.1, 0.15) is 0 Å². The van der Waals surface area contributed by atoms with Gasteiger partial charge in [-0.15, -0.1) is 11.8 Å². The minimum atomic E-state index is -0.0154. The molecule has 2 atom stereocenters. The highest BCUT2D eigenvalue weighted by molar-refractivity contribution is 8.00. The van der Waals surface area contributed by atoms with Crippen molar-refractivity contribution in [3.63, 3.8) is 0 Å². The normalized spacial score (nSPS) is 20.6. The van der Waals surface area contributed by atoms with Gasteiger partial charge in [-0.25, -0.2) is 0 Å². The monoisotopic (exact) mass is 268 g/mol. The van der Waals surface area contributed by atoms with Gasteiger partial charge in [0.15, 0.2) is 0 Å². The van der Waals surface area contributed by atoms with Crippen LogP contribution in [0.5, 0.6) is 0 Å². The first-order valence-corrected chi connectivity index (χ1v) is 7.06. The Kier molecular flexibility index (Phi) is 4.01. The minimum Gasteiger partial charge on any atom is -0.324 e. The van der Waals surface area contributed by atoms with Crippen LogP contribution in [-0.2, 0) is 4.79 Å². The van der Waals surface area contributed by atoms with Crippen LogP contribution in [0.2, 0.25) is 0 Å². The Hall–Kier alpha value is -0.650. The van der Waals surface area contributed by atoms with Gasteiger partial charge in [0.2, 0.25) is 5.91 Å². The number of thioether (sulfide) groups is 1. The molecule has 2 N–H and O–H groups in total. The van der Waals surface area contributed by atoms with Gasteiger partial charge in [-0.1, -0.05) is 6.07 Å². The molecule has 0 bridgehead atoms. The summed E-state index contributed by atoms with van der Waals surface area (Å²) in [7, 11) is 1.91. The van der Waals surface area contributed by atoms with Crippen molar-refractivity contribution in [1.29, 1.82) is 0 Å². The van der Waals surface area contributed by atoms with Crippen LogP contribution in [0.4, 0.5) is 5.69 Å². The van der Waals surface area contributed by atoms with E-state index < -0.39 is 0 Å². The van der Waals surface area contributed by atoms with Gasteiger partial charge >= 0.3 is 0 Å². The van der Waals surface area contributed by atoms with Crippen LogP contribution >= 0.6 is 24.4 Å². The predicted molar refractivity (Wildman–Crippen MR) is 76.0 cm³/mol. The molecule has 1 aliphatic heterocycles. The van der Waals surface area contributed by atoms with Gasteiger partial charge in [0.05, 0.1) is 10.9 Å². The number of nitrogens with one attached hydrogen (secondary N) is 2. The van der Waals surface area contributed by atoms with E-state index in [4.69, 9.17) is 0 Å². The van der Waals surface area contributed by atoms with Gasteiger partial charge in [0, 0.05) is 16.7 Å². The van der Waals surface area contributed by atoms with E-state index in [0.717, 1.165) is 21.9 Å². The second-order valence-corrected chi connectivity index (χ2v) is 5.78. The largest absolute Gasteiger partial charge is 0.324 e. The molecule has 2 rings (SSSR count). The van der Waals surface area contributed by atoms with Crippen molar-refractivity contribution in [2.45, 2.75) is 23.1 Å². The highest BCUT2D eigenvalue weighted by Crippen LogP contribution is 2.36. The van der Waals surface area contributed by atoms with E-state index in [1.54, 1.807) is 11.8 Å². The lowest BCUT2D eigenvalue weighted by Gasteiger charge is -2.23. The first kappa shape index (κ1) is 12.8. The molecule has 3 nitrogen and oxygen atoms in total. The van der Waals surface area contributed by atoms with Gasteiger partial charge in [-0.3, -0.25) is 4.79 Å². The third-order valence-corrected chi connectivity index (χ3v) is 4.41. The summed E-state index contributed by atoms with van der Waals surface area (Å²) in [5.74, 6) is 0.804. The molecule has 1 amide bonds. The van der Waals surface area contributed by atoms with Crippen LogP contribution < -0.4 is 10.6 Å². The molecular formula is C12H16N2OS2. The lowest BCUT2D eigenvalue weighted by molar-refractivity contribution is -0.115. The first-order valence-electron chi connectivity index (χ1n) is 5.55. The van der Waals surface area contributed by atoms with Crippen molar-refractivity contribution in [3.8, 4) is 0 Å². The number of amides is 1. The number of carbonyl (C=O) groups excluding carboxylic acids is 1. The van der Waals surface area contributed by atoms with E-state index in [2.05, 4.69) is 35.4 Å². The molecule has 0 saturated carbocycles. The molecular weight excluding hydrogens is 252 g/mol. The van der Waals surface area contributed by atoms with Crippen LogP contribution in [0.25, 0.3) is 0 Å². The Balaban J connectivity index is 2.31. The van der Waals surface area contributed by atoms with Crippen LogP contribution in [-0.4, -0.2) is 24.0 Å². The summed E-state index contributed by atoms with van der Waals surface area (Å²) in [4.78, 5) is 12.7. The zero-order valence-electron chi connectivity index (χ0n) is 9.86. The standard InChI is InChI=1S/C12H16N2OS2/c1-7-12(15)14-9-5-8(10(6-16)13-2)3-4-11(9)17-7/h3-5,7,10,13,16H,6H2,1-2H3,(H,14,15). The quantitative estimate of drug-likeness (QED) is 0.737. The van der Waals surface area contributed by atoms with Crippen LogP contribution in [0.1, 0.15) is 18.5 Å². The molecule has 17 heavy (non-hydrogen) atoms. The van der Waals surface area contributed by atoms with E-state index in [0.29, 0.717) is 0 Å². The average Bonchev–Trinajstić information content (AvgIpc) is 2.32. The fourth-order valence-corrected chi connectivity index (χ4v) is 3.13. The highest BCUT2D eigenvalue weighted by atomic mass is 32.2. The summed E-state index contributed by atoms with van der Waals surface area (Å²) in [6.45, 7) is 1.92. The molecule has 0 aromatic heterocycles. The number of carbonyl (C=O) groups is 1. The predicted octanol–water partition coefficient (Wildman–Crippen LogP) is 2.31. The van der Waals surface area contributed by atoms with Crippen molar-refractivity contribution in [3.05, 3.63) is 23.8 Å². The lowest BCUT2D eigenvalue weighted by Crippen LogP contribution is -2.27. The number of anilines is 1. The average molecular weight is 268 g/mol. The molecule has 5 heteroatoms. The van der Waals surface area contributed by atoms with Gasteiger partial charge in [-0.05, 0) is 31.7 Å². The maximum absolute atomic E-state index is 11.6. The second-order valence-electron chi connectivity index (χ2n) is 4.03. The number of rotatable bonds is 3. The summed E-state index contributed by atoms with van der Waals surface area (Å²) in [5.41, 5.74) is 2.06. The highest BCUT2D eigenvalue weighted by Gasteiger charge is 2.23. The van der Waals surface area contributed by atoms with Crippen molar-refractivity contribution < 1.29 is 4.79 Å². The summed E-state index contributed by atoms with van der Waals surface area (Å²) >= 11 is 5.91. The Labute approximate surface area is 111 Å². The van der Waals surface area contributed by atoms with Gasteiger partial charge < -0.3 is 10.6 Å². The third kappa shape index (κ3) is 2.61. The molecule has 0 aliphatic carbocycles. The maximum Gasteiger partial charge on any atom is 0.237 e. The summed E-state index contributed by atoms with van der Waals surface area (Å²) in [5, 5.41) is 6.12. The Morgan fingerprint density at radius 1 is 1.59 bits per heavy atom. The number of hydrogen-bond acceptors (Lipinski definition) is 4. The maximum atomic E-state index is 11.6. The summed E-state index contributed by atoms with van der Waals surface area (Å²) in [6.07, 6.45) is 0. The smallest absolute Gasteiger partial charge is 0.237 e. The van der Waals surface area contributed by atoms with Gasteiger partial charge in [-0.2, -0.15) is 12.6 Å². The van der Waals surface area contributed by atoms with Crippen molar-refractivity contribution in [1.82, 2.24) is 5.32 Å². The molecule has 0 spiro atoms. The first-order chi connectivity index (χ1) is 8.15. The van der Waals surface area contributed by atoms with Crippen LogP contribution in [0, 0.1) is 0 Å². The summed E-state index contributed by atoms with van der Waals surface area (Å²) in [6, 6.07) is 6.40. The lowest BCUT2D eigenvalue weighted by atomic mass is 10.1. The summed E-state index contributed by atoms with van der Waals surface area (Å²) < 4.78 is 0. The third-order valence-electron chi connectivity index (χ3n) is 2.87. The molecule has 1 aliphatic rings. The topological polar surface area (TPSA) is 41.1 Å². The Bertz CT molecular complexity index is 433. The molecule has 0 radical (unpaired) electrons. The van der Waals surface area contributed by atoms with Crippen LogP contribution in [0.3, 0.4) is 0 Å². The van der Waals surface area contributed by atoms with E-state index >= 15 is 0 Å². The van der Waals surface area contributed by atoms with Crippen molar-refractivity contribution in [2.75, 3.05) is 18.1 Å². The van der Waals surface area contributed by atoms with Gasteiger partial charge in [0.25, 0.3) is 0 Å². The number of benzene rings is 1. The van der Waals surface area contributed by atoms with E-state index in [-0.39, 0.29) is 17.2 Å². The molecule has 0 saturated heterocycles. The molecule has 0 fully saturated rings. The fraction of sp³-hybridized carbons (Fsp3) is 0.417. The number of fused-ring (bicyclic) bond motifs is 1. The zero-order chi connectivity index (χ0) is 12.4.